The second-order valence-electron chi connectivity index (χ2n) is 3.06. The van der Waals surface area contributed by atoms with Gasteiger partial charge in [0.1, 0.15) is 0 Å². The number of carbonyl (C=O) groups is 1. The summed E-state index contributed by atoms with van der Waals surface area (Å²) in [5, 5.41) is 0. The smallest absolute Gasteiger partial charge is 0.290 e. The standard InChI is InChI=1S/C6ClF11O/c7-2(4(10,11)12,5(13,14)15)1(19)3(8,9)6(16,17)18. The topological polar surface area (TPSA) is 17.1 Å². The molecule has 0 aromatic carbocycles. The van der Waals surface area contributed by atoms with Crippen LogP contribution in [0.5, 0.6) is 0 Å². The molecule has 0 fully saturated rings. The van der Waals surface area contributed by atoms with Gasteiger partial charge in [-0.05, 0) is 0 Å². The van der Waals surface area contributed by atoms with E-state index in [1.807, 2.05) is 0 Å². The Bertz CT molecular complexity index is 347. The number of halogens is 12. The number of rotatable bonds is 2. The summed E-state index contributed by atoms with van der Waals surface area (Å²) in [7, 11) is 0. The fraction of sp³-hybridized carbons (Fsp3) is 0.833. The normalized spacial score (nSPS) is 15.6. The molecule has 0 unspecified atom stereocenters. The van der Waals surface area contributed by atoms with Crippen molar-refractivity contribution in [1.82, 2.24) is 0 Å². The van der Waals surface area contributed by atoms with Crippen molar-refractivity contribution < 1.29 is 53.1 Å². The molecular weight excluding hydrogens is 332 g/mol. The van der Waals surface area contributed by atoms with Crippen LogP contribution in [0.4, 0.5) is 48.3 Å². The lowest BCUT2D eigenvalue weighted by Gasteiger charge is -2.33. The summed E-state index contributed by atoms with van der Waals surface area (Å²) < 4.78 is 131. The van der Waals surface area contributed by atoms with Crippen LogP contribution in [0, 0.1) is 0 Å². The quantitative estimate of drug-likeness (QED) is 0.554. The monoisotopic (exact) mass is 332 g/mol. The van der Waals surface area contributed by atoms with E-state index < -0.39 is 35.1 Å². The van der Waals surface area contributed by atoms with E-state index in [1.165, 1.54) is 0 Å². The molecule has 114 valence electrons. The molecule has 0 aromatic heterocycles. The van der Waals surface area contributed by atoms with E-state index in [0.29, 0.717) is 0 Å². The summed E-state index contributed by atoms with van der Waals surface area (Å²) in [5.74, 6) is -11.5. The SMILES string of the molecule is O=C(C(F)(F)C(F)(F)F)C(Cl)(C(F)(F)F)C(F)(F)F. The molecule has 0 heterocycles. The molecule has 0 N–H and O–H groups in total. The highest BCUT2D eigenvalue weighted by Crippen LogP contribution is 2.53. The molecule has 0 spiro atoms. The van der Waals surface area contributed by atoms with E-state index in [-0.39, 0.29) is 0 Å². The first-order valence-corrected chi connectivity index (χ1v) is 4.10. The fourth-order valence-corrected chi connectivity index (χ4v) is 0.882. The van der Waals surface area contributed by atoms with Gasteiger partial charge in [-0.1, -0.05) is 11.6 Å². The lowest BCUT2D eigenvalue weighted by Crippen LogP contribution is -2.65. The molecule has 0 bridgehead atoms. The van der Waals surface area contributed by atoms with Crippen LogP contribution in [0.2, 0.25) is 0 Å². The molecule has 0 atom stereocenters. The second-order valence-corrected chi connectivity index (χ2v) is 3.62. The van der Waals surface area contributed by atoms with Crippen molar-refractivity contribution in [2.45, 2.75) is 29.3 Å². The van der Waals surface area contributed by atoms with Crippen molar-refractivity contribution in [1.29, 1.82) is 0 Å². The summed E-state index contributed by atoms with van der Waals surface area (Å²) in [6.07, 6.45) is -20.8. The molecule has 0 aliphatic rings. The molecular formula is C6ClF11O. The average Bonchev–Trinajstić information content (AvgIpc) is 2.09. The Hall–Kier alpha value is -0.810. The van der Waals surface area contributed by atoms with Crippen molar-refractivity contribution in [2.24, 2.45) is 0 Å². The fourth-order valence-electron chi connectivity index (χ4n) is 0.763. The molecule has 1 nitrogen and oxygen atoms in total. The van der Waals surface area contributed by atoms with Gasteiger partial charge in [0.15, 0.2) is 0 Å². The predicted molar refractivity (Wildman–Crippen MR) is 36.7 cm³/mol. The van der Waals surface area contributed by atoms with E-state index >= 15 is 0 Å². The Balaban J connectivity index is 6.06. The first-order chi connectivity index (χ1) is 7.90. The van der Waals surface area contributed by atoms with Gasteiger partial charge in [0.2, 0.25) is 0 Å². The third kappa shape index (κ3) is 2.72. The van der Waals surface area contributed by atoms with Crippen molar-refractivity contribution in [3.05, 3.63) is 0 Å². The number of ketones is 1. The minimum absolute atomic E-state index is 3.75. The molecule has 0 saturated carbocycles. The van der Waals surface area contributed by atoms with Crippen molar-refractivity contribution >= 4 is 17.4 Å². The van der Waals surface area contributed by atoms with E-state index in [9.17, 15) is 53.1 Å². The zero-order valence-electron chi connectivity index (χ0n) is 7.94. The number of hydrogen-bond donors (Lipinski definition) is 0. The maximum absolute atomic E-state index is 12.3. The van der Waals surface area contributed by atoms with Crippen LogP contribution in [0.15, 0.2) is 0 Å². The summed E-state index contributed by atoms with van der Waals surface area (Å²) in [6.45, 7) is 0. The number of alkyl halides is 12. The van der Waals surface area contributed by atoms with Gasteiger partial charge in [0.05, 0.1) is 0 Å². The summed E-state index contributed by atoms with van der Waals surface area (Å²) in [4.78, 5) is 4.02. The van der Waals surface area contributed by atoms with E-state index in [2.05, 4.69) is 11.6 Å². The van der Waals surface area contributed by atoms with Gasteiger partial charge in [-0.3, -0.25) is 4.79 Å². The highest BCUT2D eigenvalue weighted by molar-refractivity contribution is 6.37. The van der Waals surface area contributed by atoms with Crippen molar-refractivity contribution in [3.8, 4) is 0 Å². The molecule has 0 aromatic rings. The van der Waals surface area contributed by atoms with Crippen LogP contribution in [0.1, 0.15) is 0 Å². The minimum Gasteiger partial charge on any atom is -0.290 e. The van der Waals surface area contributed by atoms with Gasteiger partial charge < -0.3 is 0 Å². The highest BCUT2D eigenvalue weighted by Gasteiger charge is 2.82. The van der Waals surface area contributed by atoms with Gasteiger partial charge in [-0.2, -0.15) is 48.3 Å². The largest absolute Gasteiger partial charge is 0.461 e. The number of Topliss-reactive ketones (excluding diaryl/α,β-unsaturated/α-hetero) is 1. The number of carbonyl (C=O) groups excluding carboxylic acids is 1. The van der Waals surface area contributed by atoms with Gasteiger partial charge >= 0.3 is 24.5 Å². The second kappa shape index (κ2) is 4.35. The Kier molecular flexibility index (Phi) is 4.16. The van der Waals surface area contributed by atoms with Gasteiger partial charge in [0.25, 0.3) is 10.7 Å². The Morgan fingerprint density at radius 2 is 0.895 bits per heavy atom. The maximum atomic E-state index is 12.3. The minimum atomic E-state index is -6.96. The molecule has 19 heavy (non-hydrogen) atoms. The molecule has 0 saturated heterocycles. The van der Waals surface area contributed by atoms with Crippen LogP contribution < -0.4 is 0 Å². The van der Waals surface area contributed by atoms with Gasteiger partial charge in [-0.25, -0.2) is 0 Å². The lowest BCUT2D eigenvalue weighted by atomic mass is 9.96. The van der Waals surface area contributed by atoms with Crippen molar-refractivity contribution in [3.63, 3.8) is 0 Å². The Labute approximate surface area is 101 Å². The van der Waals surface area contributed by atoms with E-state index in [0.717, 1.165) is 0 Å². The highest BCUT2D eigenvalue weighted by atomic mass is 35.5. The molecule has 0 aliphatic heterocycles. The van der Waals surface area contributed by atoms with Gasteiger partial charge in [0, 0.05) is 0 Å². The van der Waals surface area contributed by atoms with Gasteiger partial charge in [-0.15, -0.1) is 0 Å². The van der Waals surface area contributed by atoms with E-state index in [1.54, 1.807) is 0 Å². The molecule has 13 heteroatoms. The van der Waals surface area contributed by atoms with Crippen molar-refractivity contribution in [2.75, 3.05) is 0 Å². The van der Waals surface area contributed by atoms with E-state index in [4.69, 9.17) is 0 Å². The zero-order chi connectivity index (χ0) is 16.1. The average molecular weight is 332 g/mol. The predicted octanol–water partition coefficient (Wildman–Crippen LogP) is 3.86. The first kappa shape index (κ1) is 18.2. The zero-order valence-corrected chi connectivity index (χ0v) is 8.70. The summed E-state index contributed by atoms with van der Waals surface area (Å²) >= 11 is 3.75. The van der Waals surface area contributed by atoms with Crippen LogP contribution in [0.25, 0.3) is 0 Å². The number of hydrogen-bond acceptors (Lipinski definition) is 1. The third-order valence-corrected chi connectivity index (χ3v) is 2.34. The Morgan fingerprint density at radius 1 is 0.632 bits per heavy atom. The molecule has 0 aliphatic carbocycles. The first-order valence-electron chi connectivity index (χ1n) is 3.72. The van der Waals surface area contributed by atoms with Crippen LogP contribution in [0.3, 0.4) is 0 Å². The third-order valence-electron chi connectivity index (χ3n) is 1.74. The Morgan fingerprint density at radius 3 is 1.05 bits per heavy atom. The van der Waals surface area contributed by atoms with Crippen LogP contribution in [-0.2, 0) is 4.79 Å². The van der Waals surface area contributed by atoms with Crippen LogP contribution in [-0.4, -0.2) is 35.1 Å². The molecule has 0 radical (unpaired) electrons. The molecule has 0 rings (SSSR count). The maximum Gasteiger partial charge on any atom is 0.461 e. The van der Waals surface area contributed by atoms with Crippen LogP contribution >= 0.6 is 11.6 Å². The summed E-state index contributed by atoms with van der Waals surface area (Å²) in [5.41, 5.74) is 0. The molecule has 0 amide bonds. The summed E-state index contributed by atoms with van der Waals surface area (Å²) in [6, 6.07) is 0. The lowest BCUT2D eigenvalue weighted by molar-refractivity contribution is -0.295.